The summed E-state index contributed by atoms with van der Waals surface area (Å²) in [5.74, 6) is 0.356. The highest BCUT2D eigenvalue weighted by atomic mass is 19.2. The molecule has 0 radical (unpaired) electrons. The van der Waals surface area contributed by atoms with Crippen molar-refractivity contribution < 1.29 is 17.7 Å². The molecule has 0 spiro atoms. The number of hydrogen-bond acceptors (Lipinski definition) is 2. The van der Waals surface area contributed by atoms with E-state index < -0.39 is 6.97 Å². The van der Waals surface area contributed by atoms with Crippen molar-refractivity contribution in [1.29, 1.82) is 0 Å². The molecule has 1 aliphatic heterocycles. The summed E-state index contributed by atoms with van der Waals surface area (Å²) in [4.78, 5) is 0. The van der Waals surface area contributed by atoms with E-state index in [1.165, 1.54) is 11.2 Å². The molecule has 0 amide bonds. The molecule has 0 atom stereocenters. The Kier molecular flexibility index (Phi) is 2.91. The summed E-state index contributed by atoms with van der Waals surface area (Å²) in [6.45, 7) is -4.06. The van der Waals surface area contributed by atoms with E-state index >= 15 is 8.63 Å². The maximum Gasteiger partial charge on any atom is 0.760 e. The standard InChI is InChI=1S/C16H14BF2N4/c1-21-16-11-4-5-12-22(16)17(18,19)23(20-21)15-10-6-8-13-7-2-3-9-14(13)15/h2-12H,1H3/q+1. The van der Waals surface area contributed by atoms with E-state index in [1.807, 2.05) is 30.3 Å². The Bertz CT molecular complexity index is 937. The van der Waals surface area contributed by atoms with Crippen LogP contribution in [0.15, 0.2) is 72.1 Å². The molecule has 1 aliphatic rings. The van der Waals surface area contributed by atoms with Crippen molar-refractivity contribution in [3.8, 4) is 0 Å². The van der Waals surface area contributed by atoms with Crippen molar-refractivity contribution in [2.24, 2.45) is 5.22 Å². The molecule has 4 rings (SSSR count). The summed E-state index contributed by atoms with van der Waals surface area (Å²) < 4.78 is 32.0. The molecule has 0 saturated heterocycles. The van der Waals surface area contributed by atoms with Crippen molar-refractivity contribution in [2.75, 3.05) is 12.1 Å². The molecule has 114 valence electrons. The van der Waals surface area contributed by atoms with E-state index in [4.69, 9.17) is 0 Å². The zero-order chi connectivity index (χ0) is 16.0. The number of pyridine rings is 1. The number of nitrogens with zero attached hydrogens (tertiary/aromatic N) is 4. The molecule has 4 nitrogen and oxygen atoms in total. The molecule has 2 heterocycles. The van der Waals surface area contributed by atoms with Gasteiger partial charge in [0.15, 0.2) is 0 Å². The van der Waals surface area contributed by atoms with Crippen LogP contribution in [0.5, 0.6) is 0 Å². The number of hydrogen-bond donors (Lipinski definition) is 0. The topological polar surface area (TPSA) is 22.5 Å². The van der Waals surface area contributed by atoms with Crippen LogP contribution in [0.2, 0.25) is 0 Å². The van der Waals surface area contributed by atoms with Gasteiger partial charge in [0.2, 0.25) is 0 Å². The van der Waals surface area contributed by atoms with Crippen LogP contribution in [-0.4, -0.2) is 18.6 Å². The highest BCUT2D eigenvalue weighted by Crippen LogP contribution is 2.31. The first-order valence-electron chi connectivity index (χ1n) is 7.34. The lowest BCUT2D eigenvalue weighted by molar-refractivity contribution is -0.654. The van der Waals surface area contributed by atoms with Crippen LogP contribution in [-0.2, 0) is 0 Å². The predicted octanol–water partition coefficient (Wildman–Crippen LogP) is 3.51. The normalized spacial score (nSPS) is 16.1. The Balaban J connectivity index is 1.99. The van der Waals surface area contributed by atoms with E-state index in [-0.39, 0.29) is 0 Å². The minimum absolute atomic E-state index is 0.356. The molecule has 2 aromatic carbocycles. The maximum absolute atomic E-state index is 15.1. The first-order chi connectivity index (χ1) is 11.1. The number of aromatic nitrogens is 1. The Hall–Kier alpha value is -2.83. The summed E-state index contributed by atoms with van der Waals surface area (Å²) in [6, 6.07) is 17.7. The molecule has 7 heteroatoms. The summed E-state index contributed by atoms with van der Waals surface area (Å²) in [7, 11) is 1.66. The third kappa shape index (κ3) is 2.00. The Morgan fingerprint density at radius 1 is 0.957 bits per heavy atom. The first-order valence-corrected chi connectivity index (χ1v) is 7.34. The fourth-order valence-electron chi connectivity index (χ4n) is 2.98. The zero-order valence-electron chi connectivity index (χ0n) is 12.5. The number of halogens is 2. The Labute approximate surface area is 131 Å². The molecule has 0 fully saturated rings. The Morgan fingerprint density at radius 2 is 1.70 bits per heavy atom. The lowest BCUT2D eigenvalue weighted by Gasteiger charge is -2.28. The largest absolute Gasteiger partial charge is 0.760 e. The SMILES string of the molecule is CN1N=[N+](c2cccc3ccccc23)[B-](F)(F)[n+]2ccccc21. The van der Waals surface area contributed by atoms with Crippen molar-refractivity contribution in [3.63, 3.8) is 0 Å². The summed E-state index contributed by atoms with van der Waals surface area (Å²) in [5, 5.41) is 7.22. The van der Waals surface area contributed by atoms with E-state index in [0.717, 1.165) is 19.9 Å². The number of benzene rings is 2. The number of fused-ring (bicyclic) bond motifs is 2. The van der Waals surface area contributed by atoms with Gasteiger partial charge < -0.3 is 13.1 Å². The van der Waals surface area contributed by atoms with Gasteiger partial charge in [0.05, 0.1) is 11.4 Å². The number of rotatable bonds is 1. The summed E-state index contributed by atoms with van der Waals surface area (Å²) in [6.07, 6.45) is 1.39. The van der Waals surface area contributed by atoms with Crippen molar-refractivity contribution >= 4 is 29.2 Å². The third-order valence-electron chi connectivity index (χ3n) is 4.07. The van der Waals surface area contributed by atoms with Crippen LogP contribution in [0.3, 0.4) is 0 Å². The van der Waals surface area contributed by atoms with Gasteiger partial charge in [0.25, 0.3) is 5.82 Å². The lowest BCUT2D eigenvalue weighted by Crippen LogP contribution is -2.68. The van der Waals surface area contributed by atoms with Gasteiger partial charge in [-0.05, 0) is 17.5 Å². The summed E-state index contributed by atoms with van der Waals surface area (Å²) in [5.41, 5.74) is 0.391. The predicted molar refractivity (Wildman–Crippen MR) is 84.7 cm³/mol. The number of anilines is 1. The van der Waals surface area contributed by atoms with Gasteiger partial charge in [-0.3, -0.25) is 0 Å². The molecule has 0 saturated carbocycles. The van der Waals surface area contributed by atoms with Crippen molar-refractivity contribution in [3.05, 3.63) is 66.9 Å². The zero-order valence-corrected chi connectivity index (χ0v) is 12.5. The van der Waals surface area contributed by atoms with Gasteiger partial charge in [-0.1, -0.05) is 42.5 Å². The molecule has 3 aromatic rings. The third-order valence-corrected chi connectivity index (χ3v) is 4.07. The monoisotopic (exact) mass is 311 g/mol. The van der Waals surface area contributed by atoms with Gasteiger partial charge in [-0.2, -0.15) is 0 Å². The van der Waals surface area contributed by atoms with Gasteiger partial charge in [-0.15, -0.1) is 5.01 Å². The molecular weight excluding hydrogens is 297 g/mol. The average molecular weight is 311 g/mol. The molecule has 1 aromatic heterocycles. The second-order valence-electron chi connectivity index (χ2n) is 5.51. The van der Waals surface area contributed by atoms with E-state index in [0.29, 0.717) is 11.5 Å². The van der Waals surface area contributed by atoms with Crippen LogP contribution in [0.4, 0.5) is 20.1 Å². The van der Waals surface area contributed by atoms with Crippen molar-refractivity contribution in [1.82, 2.24) is 0 Å². The lowest BCUT2D eigenvalue weighted by atomic mass is 9.93. The molecule has 0 bridgehead atoms. The minimum Gasteiger partial charge on any atom is -0.389 e. The van der Waals surface area contributed by atoms with Crippen LogP contribution < -0.4 is 9.49 Å². The minimum atomic E-state index is -4.06. The fraction of sp³-hybridized carbons (Fsp3) is 0.0625. The fourth-order valence-corrected chi connectivity index (χ4v) is 2.98. The molecule has 23 heavy (non-hydrogen) atoms. The van der Waals surface area contributed by atoms with Crippen LogP contribution in [0.25, 0.3) is 10.8 Å². The molecule has 0 N–H and O–H groups in total. The van der Waals surface area contributed by atoms with Crippen molar-refractivity contribution in [2.45, 2.75) is 0 Å². The quantitative estimate of drug-likeness (QED) is 0.631. The molecule has 0 aliphatic carbocycles. The van der Waals surface area contributed by atoms with E-state index in [2.05, 4.69) is 5.22 Å². The Morgan fingerprint density at radius 3 is 2.57 bits per heavy atom. The van der Waals surface area contributed by atoms with Gasteiger partial charge >= 0.3 is 6.97 Å². The van der Waals surface area contributed by atoms with Crippen LogP contribution >= 0.6 is 0 Å². The highest BCUT2D eigenvalue weighted by molar-refractivity contribution is 6.48. The van der Waals surface area contributed by atoms with E-state index in [9.17, 15) is 0 Å². The van der Waals surface area contributed by atoms with Gasteiger partial charge in [0.1, 0.15) is 12.7 Å². The summed E-state index contributed by atoms with van der Waals surface area (Å²) >= 11 is 0. The van der Waals surface area contributed by atoms with Gasteiger partial charge in [0, 0.05) is 11.5 Å². The molecular formula is C16H14BF2N4+. The van der Waals surface area contributed by atoms with E-state index in [1.54, 1.807) is 37.4 Å². The second kappa shape index (κ2) is 4.84. The maximum atomic E-state index is 15.1. The van der Waals surface area contributed by atoms with Crippen LogP contribution in [0, 0.1) is 0 Å². The molecule has 0 unspecified atom stereocenters. The average Bonchev–Trinajstić information content (AvgIpc) is 2.58. The first kappa shape index (κ1) is 13.8. The smallest absolute Gasteiger partial charge is 0.389 e. The highest BCUT2D eigenvalue weighted by Gasteiger charge is 2.53. The van der Waals surface area contributed by atoms with Crippen LogP contribution in [0.1, 0.15) is 0 Å². The second-order valence-corrected chi connectivity index (χ2v) is 5.51. The van der Waals surface area contributed by atoms with Gasteiger partial charge in [-0.25, -0.2) is 4.61 Å².